The molecule has 1 aliphatic heterocycles. The number of hydrogen-bond acceptors (Lipinski definition) is 7. The number of aryl methyl sites for hydroxylation is 1. The lowest BCUT2D eigenvalue weighted by atomic mass is 10.1. The summed E-state index contributed by atoms with van der Waals surface area (Å²) in [5, 5.41) is 10.3. The maximum atomic E-state index is 5.97. The van der Waals surface area contributed by atoms with E-state index in [0.717, 1.165) is 45.1 Å². The van der Waals surface area contributed by atoms with Crippen LogP contribution in [0.15, 0.2) is 35.0 Å². The van der Waals surface area contributed by atoms with Crippen molar-refractivity contribution >= 4 is 39.0 Å². The fraction of sp³-hybridized carbons (Fsp3) is 0.300. The van der Waals surface area contributed by atoms with E-state index in [-0.39, 0.29) is 0 Å². The van der Waals surface area contributed by atoms with E-state index in [1.165, 1.54) is 19.3 Å². The summed E-state index contributed by atoms with van der Waals surface area (Å²) in [5.74, 6) is 2.00. The summed E-state index contributed by atoms with van der Waals surface area (Å²) in [5.41, 5.74) is 1.93. The number of fused-ring (bicyclic) bond motifs is 1. The van der Waals surface area contributed by atoms with E-state index in [0.29, 0.717) is 16.8 Å². The molecule has 142 valence electrons. The number of hydrogen-bond donors (Lipinski definition) is 0. The normalized spacial score (nSPS) is 14.7. The first-order chi connectivity index (χ1) is 13.7. The highest BCUT2D eigenvalue weighted by molar-refractivity contribution is 7.22. The van der Waals surface area contributed by atoms with E-state index in [1.54, 1.807) is 17.7 Å². The second-order valence-electron chi connectivity index (χ2n) is 6.90. The average molecular weight is 412 g/mol. The molecular formula is C20H18ClN5OS. The van der Waals surface area contributed by atoms with Gasteiger partial charge in [-0.1, -0.05) is 11.6 Å². The molecule has 0 aliphatic carbocycles. The first kappa shape index (κ1) is 17.6. The smallest absolute Gasteiger partial charge is 0.258 e. The predicted octanol–water partition coefficient (Wildman–Crippen LogP) is 5.36. The van der Waals surface area contributed by atoms with Gasteiger partial charge in [0.05, 0.1) is 10.3 Å². The van der Waals surface area contributed by atoms with Crippen molar-refractivity contribution in [3.8, 4) is 22.2 Å². The fourth-order valence-electron chi connectivity index (χ4n) is 3.63. The van der Waals surface area contributed by atoms with Crippen LogP contribution in [0.3, 0.4) is 0 Å². The highest BCUT2D eigenvalue weighted by Crippen LogP contribution is 2.41. The SMILES string of the molecule is Cc1c(-c2nnc(-c3ccc(Cl)cc3)o2)sc2ncnc(N3CCCCC3)c12. The Labute approximate surface area is 171 Å². The van der Waals surface area contributed by atoms with Gasteiger partial charge in [0.25, 0.3) is 5.89 Å². The van der Waals surface area contributed by atoms with Crippen LogP contribution in [0.5, 0.6) is 0 Å². The summed E-state index contributed by atoms with van der Waals surface area (Å²) in [6, 6.07) is 7.37. The highest BCUT2D eigenvalue weighted by Gasteiger charge is 2.23. The van der Waals surface area contributed by atoms with Crippen LogP contribution in [-0.4, -0.2) is 33.3 Å². The quantitative estimate of drug-likeness (QED) is 0.452. The van der Waals surface area contributed by atoms with Crippen molar-refractivity contribution in [2.45, 2.75) is 26.2 Å². The van der Waals surface area contributed by atoms with Gasteiger partial charge in [-0.2, -0.15) is 0 Å². The standard InChI is InChI=1S/C20H18ClN5OS/c1-12-15-17(26-9-3-2-4-10-26)22-11-23-20(15)28-16(12)19-25-24-18(27-19)13-5-7-14(21)8-6-13/h5-8,11H,2-4,9-10H2,1H3. The Morgan fingerprint density at radius 2 is 1.75 bits per heavy atom. The second-order valence-corrected chi connectivity index (χ2v) is 8.34. The summed E-state index contributed by atoms with van der Waals surface area (Å²) < 4.78 is 5.97. The van der Waals surface area contributed by atoms with E-state index in [4.69, 9.17) is 16.0 Å². The topological polar surface area (TPSA) is 67.9 Å². The summed E-state index contributed by atoms with van der Waals surface area (Å²) >= 11 is 7.53. The number of nitrogens with zero attached hydrogens (tertiary/aromatic N) is 5. The van der Waals surface area contributed by atoms with Crippen molar-refractivity contribution in [1.82, 2.24) is 20.2 Å². The van der Waals surface area contributed by atoms with Gasteiger partial charge in [-0.3, -0.25) is 0 Å². The van der Waals surface area contributed by atoms with Gasteiger partial charge >= 0.3 is 0 Å². The Morgan fingerprint density at radius 3 is 2.54 bits per heavy atom. The molecule has 0 radical (unpaired) electrons. The number of thiophene rings is 1. The van der Waals surface area contributed by atoms with Crippen LogP contribution in [0.2, 0.25) is 5.02 Å². The second kappa shape index (κ2) is 7.14. The van der Waals surface area contributed by atoms with Gasteiger partial charge < -0.3 is 9.32 Å². The molecule has 1 aromatic carbocycles. The number of halogens is 1. The molecule has 4 aromatic rings. The van der Waals surface area contributed by atoms with Gasteiger partial charge in [0.1, 0.15) is 17.0 Å². The summed E-state index contributed by atoms with van der Waals surface area (Å²) in [7, 11) is 0. The molecule has 0 saturated carbocycles. The molecule has 0 atom stereocenters. The Morgan fingerprint density at radius 1 is 1.00 bits per heavy atom. The zero-order chi connectivity index (χ0) is 19.1. The average Bonchev–Trinajstić information content (AvgIpc) is 3.34. The number of aromatic nitrogens is 4. The van der Waals surface area contributed by atoms with Crippen LogP contribution in [0.25, 0.3) is 32.4 Å². The van der Waals surface area contributed by atoms with Crippen molar-refractivity contribution < 1.29 is 4.42 Å². The van der Waals surface area contributed by atoms with Gasteiger partial charge in [0.15, 0.2) is 0 Å². The molecule has 6 nitrogen and oxygen atoms in total. The van der Waals surface area contributed by atoms with Crippen molar-refractivity contribution in [3.05, 3.63) is 41.2 Å². The van der Waals surface area contributed by atoms with Gasteiger partial charge in [-0.15, -0.1) is 21.5 Å². The molecular weight excluding hydrogens is 394 g/mol. The van der Waals surface area contributed by atoms with Crippen molar-refractivity contribution in [2.24, 2.45) is 0 Å². The minimum Gasteiger partial charge on any atom is -0.415 e. The molecule has 0 N–H and O–H groups in total. The number of rotatable bonds is 3. The maximum Gasteiger partial charge on any atom is 0.258 e. The Bertz CT molecular complexity index is 1130. The zero-order valence-electron chi connectivity index (χ0n) is 15.4. The minimum atomic E-state index is 0.478. The van der Waals surface area contributed by atoms with Crippen molar-refractivity contribution in [1.29, 1.82) is 0 Å². The van der Waals surface area contributed by atoms with Gasteiger partial charge in [0.2, 0.25) is 5.89 Å². The molecule has 0 amide bonds. The van der Waals surface area contributed by atoms with Gasteiger partial charge in [0, 0.05) is 23.7 Å². The first-order valence-electron chi connectivity index (χ1n) is 9.29. The monoisotopic (exact) mass is 411 g/mol. The molecule has 0 unspecified atom stereocenters. The van der Waals surface area contributed by atoms with Crippen LogP contribution in [0, 0.1) is 6.92 Å². The van der Waals surface area contributed by atoms with Gasteiger partial charge in [-0.05, 0) is 56.0 Å². The summed E-state index contributed by atoms with van der Waals surface area (Å²) in [6.07, 6.45) is 5.35. The molecule has 0 spiro atoms. The third kappa shape index (κ3) is 3.04. The lowest BCUT2D eigenvalue weighted by Gasteiger charge is -2.28. The largest absolute Gasteiger partial charge is 0.415 e. The lowest BCUT2D eigenvalue weighted by Crippen LogP contribution is -2.30. The Hall–Kier alpha value is -2.51. The number of benzene rings is 1. The Balaban J connectivity index is 1.57. The van der Waals surface area contributed by atoms with Crippen molar-refractivity contribution in [3.63, 3.8) is 0 Å². The third-order valence-corrected chi connectivity index (χ3v) is 6.51. The third-order valence-electron chi connectivity index (χ3n) is 5.07. The summed E-state index contributed by atoms with van der Waals surface area (Å²) in [4.78, 5) is 13.4. The van der Waals surface area contributed by atoms with Crippen LogP contribution in [0.4, 0.5) is 5.82 Å². The molecule has 4 heterocycles. The molecule has 3 aromatic heterocycles. The van der Waals surface area contributed by atoms with Crippen LogP contribution in [0.1, 0.15) is 24.8 Å². The molecule has 0 bridgehead atoms. The van der Waals surface area contributed by atoms with E-state index in [2.05, 4.69) is 32.0 Å². The van der Waals surface area contributed by atoms with E-state index < -0.39 is 0 Å². The minimum absolute atomic E-state index is 0.478. The summed E-state index contributed by atoms with van der Waals surface area (Å²) in [6.45, 7) is 4.16. The Kier molecular flexibility index (Phi) is 4.49. The number of anilines is 1. The highest BCUT2D eigenvalue weighted by atomic mass is 35.5. The van der Waals surface area contributed by atoms with Crippen LogP contribution in [-0.2, 0) is 0 Å². The molecule has 5 rings (SSSR count). The van der Waals surface area contributed by atoms with Crippen LogP contribution >= 0.6 is 22.9 Å². The molecule has 8 heteroatoms. The lowest BCUT2D eigenvalue weighted by molar-refractivity contribution is 0.574. The van der Waals surface area contributed by atoms with Crippen LogP contribution < -0.4 is 4.90 Å². The molecule has 28 heavy (non-hydrogen) atoms. The molecule has 1 saturated heterocycles. The van der Waals surface area contributed by atoms with Crippen molar-refractivity contribution in [2.75, 3.05) is 18.0 Å². The first-order valence-corrected chi connectivity index (χ1v) is 10.5. The fourth-order valence-corrected chi connectivity index (χ4v) is 4.82. The van der Waals surface area contributed by atoms with Gasteiger partial charge in [-0.25, -0.2) is 9.97 Å². The zero-order valence-corrected chi connectivity index (χ0v) is 16.9. The van der Waals surface area contributed by atoms with E-state index in [9.17, 15) is 0 Å². The molecule has 1 aliphatic rings. The molecule has 1 fully saturated rings. The van der Waals surface area contributed by atoms with E-state index >= 15 is 0 Å². The maximum absolute atomic E-state index is 5.97. The number of piperidine rings is 1. The van der Waals surface area contributed by atoms with E-state index in [1.807, 2.05) is 24.3 Å². The predicted molar refractivity (Wildman–Crippen MR) is 112 cm³/mol.